The van der Waals surface area contributed by atoms with Crippen molar-refractivity contribution in [2.24, 2.45) is 0 Å². The molecule has 0 saturated heterocycles. The first-order chi connectivity index (χ1) is 9.26. The topological polar surface area (TPSA) is 59.4 Å². The van der Waals surface area contributed by atoms with Gasteiger partial charge in [0, 0.05) is 12.5 Å². The Morgan fingerprint density at radius 1 is 1.26 bits per heavy atom. The summed E-state index contributed by atoms with van der Waals surface area (Å²) < 4.78 is 6.62. The van der Waals surface area contributed by atoms with Gasteiger partial charge in [0.2, 0.25) is 0 Å². The quantitative estimate of drug-likeness (QED) is 0.773. The number of methoxy groups -OCH3 is 1. The Balaban J connectivity index is 1.96. The maximum absolute atomic E-state index is 11.6. The minimum Gasteiger partial charge on any atom is -0.497 e. The van der Waals surface area contributed by atoms with Crippen molar-refractivity contribution in [2.75, 3.05) is 7.11 Å². The highest BCUT2D eigenvalue weighted by Crippen LogP contribution is 2.14. The first-order valence-electron chi connectivity index (χ1n) is 5.96. The van der Waals surface area contributed by atoms with Crippen molar-refractivity contribution in [3.8, 4) is 5.75 Å². The molecule has 2 heterocycles. The second kappa shape index (κ2) is 4.61. The third-order valence-electron chi connectivity index (χ3n) is 2.93. The van der Waals surface area contributed by atoms with Gasteiger partial charge >= 0.3 is 0 Å². The molecule has 0 aliphatic rings. The van der Waals surface area contributed by atoms with E-state index in [1.807, 2.05) is 24.3 Å². The second-order valence-electron chi connectivity index (χ2n) is 4.26. The smallest absolute Gasteiger partial charge is 0.271 e. The number of nitrogens with zero attached hydrogens (tertiary/aromatic N) is 2. The number of ether oxygens (including phenoxy) is 1. The van der Waals surface area contributed by atoms with Crippen LogP contribution in [0.4, 0.5) is 0 Å². The van der Waals surface area contributed by atoms with Crippen LogP contribution in [0.1, 0.15) is 11.4 Å². The fourth-order valence-electron chi connectivity index (χ4n) is 2.03. The summed E-state index contributed by atoms with van der Waals surface area (Å²) in [5.41, 5.74) is 1.60. The van der Waals surface area contributed by atoms with Gasteiger partial charge in [0.25, 0.3) is 5.56 Å². The largest absolute Gasteiger partial charge is 0.497 e. The molecule has 0 aliphatic heterocycles. The molecular weight excluding hydrogens is 242 g/mol. The van der Waals surface area contributed by atoms with Gasteiger partial charge < -0.3 is 4.74 Å². The van der Waals surface area contributed by atoms with Crippen LogP contribution in [0.25, 0.3) is 5.65 Å². The minimum atomic E-state index is -0.109. The molecule has 5 heteroatoms. The van der Waals surface area contributed by atoms with Gasteiger partial charge in [-0.15, -0.1) is 0 Å². The number of aromatic nitrogens is 3. The molecule has 19 heavy (non-hydrogen) atoms. The van der Waals surface area contributed by atoms with Crippen LogP contribution in [-0.4, -0.2) is 21.7 Å². The van der Waals surface area contributed by atoms with Gasteiger partial charge in [-0.1, -0.05) is 18.2 Å². The maximum Gasteiger partial charge on any atom is 0.271 e. The number of fused-ring (bicyclic) bond motifs is 1. The van der Waals surface area contributed by atoms with Crippen molar-refractivity contribution in [1.82, 2.24) is 14.6 Å². The maximum atomic E-state index is 11.6. The summed E-state index contributed by atoms with van der Waals surface area (Å²) in [6.07, 6.45) is 0.623. The van der Waals surface area contributed by atoms with E-state index in [2.05, 4.69) is 10.1 Å². The van der Waals surface area contributed by atoms with E-state index >= 15 is 0 Å². The molecule has 0 radical (unpaired) electrons. The summed E-state index contributed by atoms with van der Waals surface area (Å²) in [4.78, 5) is 16.0. The number of benzene rings is 1. The highest BCUT2D eigenvalue weighted by Gasteiger charge is 2.05. The Morgan fingerprint density at radius 3 is 2.89 bits per heavy atom. The molecule has 0 saturated carbocycles. The van der Waals surface area contributed by atoms with Crippen LogP contribution in [0.15, 0.2) is 47.3 Å². The van der Waals surface area contributed by atoms with Gasteiger partial charge in [-0.25, -0.2) is 9.50 Å². The Hall–Kier alpha value is -2.56. The normalized spacial score (nSPS) is 10.8. The van der Waals surface area contributed by atoms with E-state index in [1.165, 1.54) is 10.6 Å². The van der Waals surface area contributed by atoms with Crippen molar-refractivity contribution >= 4 is 5.65 Å². The monoisotopic (exact) mass is 255 g/mol. The summed E-state index contributed by atoms with van der Waals surface area (Å²) in [5, 5.41) is 3.00. The molecule has 1 N–H and O–H groups in total. The van der Waals surface area contributed by atoms with Crippen molar-refractivity contribution in [2.45, 2.75) is 6.42 Å². The summed E-state index contributed by atoms with van der Waals surface area (Å²) in [7, 11) is 1.64. The zero-order chi connectivity index (χ0) is 13.2. The fourth-order valence-corrected chi connectivity index (χ4v) is 2.03. The van der Waals surface area contributed by atoms with Gasteiger partial charge in [0.1, 0.15) is 11.6 Å². The number of nitrogens with one attached hydrogen (secondary N) is 1. The van der Waals surface area contributed by atoms with Crippen LogP contribution >= 0.6 is 0 Å². The van der Waals surface area contributed by atoms with E-state index < -0.39 is 0 Å². The molecule has 0 aliphatic carbocycles. The molecule has 3 aromatic rings. The Labute approximate surface area is 109 Å². The highest BCUT2D eigenvalue weighted by molar-refractivity contribution is 5.37. The Bertz CT molecular complexity index is 773. The standard InChI is InChI=1S/C14H13N3O2/c1-19-11-5-2-4-10(8-11)9-12-15-13-6-3-7-14(18)17(13)16-12/h2-8H,9H2,1H3,(H,15,16). The second-order valence-corrected chi connectivity index (χ2v) is 4.26. The van der Waals surface area contributed by atoms with Crippen molar-refractivity contribution in [3.63, 3.8) is 0 Å². The van der Waals surface area contributed by atoms with Gasteiger partial charge in [-0.2, -0.15) is 0 Å². The van der Waals surface area contributed by atoms with Crippen LogP contribution in [0.2, 0.25) is 0 Å². The van der Waals surface area contributed by atoms with E-state index in [0.29, 0.717) is 12.1 Å². The molecule has 3 rings (SSSR count). The molecule has 0 bridgehead atoms. The number of rotatable bonds is 3. The molecule has 5 nitrogen and oxygen atoms in total. The molecule has 0 fully saturated rings. The van der Waals surface area contributed by atoms with Crippen LogP contribution in [0, 0.1) is 0 Å². The SMILES string of the molecule is COc1cccc(Cc2nc3cccc(=O)n3[nH]2)c1. The van der Waals surface area contributed by atoms with Gasteiger partial charge in [0.05, 0.1) is 7.11 Å². The van der Waals surface area contributed by atoms with E-state index in [0.717, 1.165) is 17.1 Å². The summed E-state index contributed by atoms with van der Waals surface area (Å²) in [6.45, 7) is 0. The van der Waals surface area contributed by atoms with Crippen LogP contribution in [0.5, 0.6) is 5.75 Å². The van der Waals surface area contributed by atoms with Crippen molar-refractivity contribution in [3.05, 3.63) is 64.2 Å². The van der Waals surface area contributed by atoms with Gasteiger partial charge in [-0.3, -0.25) is 9.89 Å². The molecule has 0 unspecified atom stereocenters. The number of hydrogen-bond donors (Lipinski definition) is 1. The van der Waals surface area contributed by atoms with E-state index in [1.54, 1.807) is 19.2 Å². The molecule has 1 aromatic carbocycles. The minimum absolute atomic E-state index is 0.109. The van der Waals surface area contributed by atoms with Gasteiger partial charge in [0.15, 0.2) is 5.65 Å². The summed E-state index contributed by atoms with van der Waals surface area (Å²) in [6, 6.07) is 12.8. The van der Waals surface area contributed by atoms with Gasteiger partial charge in [-0.05, 0) is 23.8 Å². The zero-order valence-electron chi connectivity index (χ0n) is 10.5. The third kappa shape index (κ3) is 2.22. The number of H-pyrrole nitrogens is 1. The molecule has 0 spiro atoms. The number of hydrogen-bond acceptors (Lipinski definition) is 3. The molecular formula is C14H13N3O2. The van der Waals surface area contributed by atoms with Crippen molar-refractivity contribution in [1.29, 1.82) is 0 Å². The molecule has 2 aromatic heterocycles. The lowest BCUT2D eigenvalue weighted by atomic mass is 10.1. The number of aromatic amines is 1. The van der Waals surface area contributed by atoms with Crippen LogP contribution in [0.3, 0.4) is 0 Å². The van der Waals surface area contributed by atoms with E-state index in [-0.39, 0.29) is 5.56 Å². The zero-order valence-corrected chi connectivity index (χ0v) is 10.5. The van der Waals surface area contributed by atoms with Crippen molar-refractivity contribution < 1.29 is 4.74 Å². The first kappa shape index (κ1) is 11.5. The first-order valence-corrected chi connectivity index (χ1v) is 5.96. The summed E-state index contributed by atoms with van der Waals surface area (Å²) in [5.74, 6) is 1.56. The average molecular weight is 255 g/mol. The summed E-state index contributed by atoms with van der Waals surface area (Å²) >= 11 is 0. The molecule has 96 valence electrons. The average Bonchev–Trinajstić information content (AvgIpc) is 2.83. The van der Waals surface area contributed by atoms with Crippen LogP contribution < -0.4 is 10.3 Å². The lowest BCUT2D eigenvalue weighted by Gasteiger charge is -2.02. The number of pyridine rings is 1. The lowest BCUT2D eigenvalue weighted by Crippen LogP contribution is -2.11. The van der Waals surface area contributed by atoms with E-state index in [9.17, 15) is 4.79 Å². The Kier molecular flexibility index (Phi) is 2.79. The van der Waals surface area contributed by atoms with Crippen LogP contribution in [-0.2, 0) is 6.42 Å². The molecule has 0 amide bonds. The van der Waals surface area contributed by atoms with E-state index in [4.69, 9.17) is 4.74 Å². The predicted molar refractivity (Wildman–Crippen MR) is 71.6 cm³/mol. The third-order valence-corrected chi connectivity index (χ3v) is 2.93. The highest BCUT2D eigenvalue weighted by atomic mass is 16.5. The predicted octanol–water partition coefficient (Wildman–Crippen LogP) is 1.62. The molecule has 0 atom stereocenters. The lowest BCUT2D eigenvalue weighted by molar-refractivity contribution is 0.414. The fraction of sp³-hybridized carbons (Fsp3) is 0.143. The Morgan fingerprint density at radius 2 is 2.11 bits per heavy atom.